The highest BCUT2D eigenvalue weighted by atomic mass is 35.5. The summed E-state index contributed by atoms with van der Waals surface area (Å²) in [5.41, 5.74) is 0.0658. The Hall–Kier alpha value is -3.45. The van der Waals surface area contributed by atoms with Gasteiger partial charge in [-0.05, 0) is 37.3 Å². The highest BCUT2D eigenvalue weighted by Crippen LogP contribution is 2.42. The van der Waals surface area contributed by atoms with Gasteiger partial charge < -0.3 is 9.63 Å². The number of hydrogen-bond donors (Lipinski definition) is 1. The molecule has 1 atom stereocenters. The van der Waals surface area contributed by atoms with Crippen molar-refractivity contribution in [2.75, 3.05) is 4.90 Å². The van der Waals surface area contributed by atoms with Crippen LogP contribution >= 0.6 is 11.6 Å². The monoisotopic (exact) mass is 412 g/mol. The molecule has 0 bridgehead atoms. The summed E-state index contributed by atoms with van der Waals surface area (Å²) < 4.78 is 19.7. The highest BCUT2D eigenvalue weighted by Gasteiger charge is 2.48. The molecule has 1 N–H and O–H groups in total. The predicted molar refractivity (Wildman–Crippen MR) is 104 cm³/mol. The molecule has 4 rings (SSSR count). The van der Waals surface area contributed by atoms with Gasteiger partial charge in [-0.3, -0.25) is 14.5 Å². The van der Waals surface area contributed by atoms with Gasteiger partial charge in [0, 0.05) is 22.2 Å². The summed E-state index contributed by atoms with van der Waals surface area (Å²) in [4.78, 5) is 26.7. The molecule has 0 saturated carbocycles. The van der Waals surface area contributed by atoms with E-state index in [1.165, 1.54) is 48.5 Å². The number of nitrogens with zero attached hydrogens (tertiary/aromatic N) is 2. The van der Waals surface area contributed by atoms with E-state index in [0.29, 0.717) is 10.8 Å². The number of aryl methyl sites for hydroxylation is 1. The number of halogens is 2. The highest BCUT2D eigenvalue weighted by molar-refractivity contribution is 6.51. The molecule has 0 aliphatic carbocycles. The fraction of sp³-hybridized carbons (Fsp3) is 0.0952. The van der Waals surface area contributed by atoms with Crippen molar-refractivity contribution < 1.29 is 23.6 Å². The van der Waals surface area contributed by atoms with E-state index in [2.05, 4.69) is 5.16 Å². The molecule has 8 heteroatoms. The van der Waals surface area contributed by atoms with E-state index in [-0.39, 0.29) is 22.5 Å². The van der Waals surface area contributed by atoms with Gasteiger partial charge in [0.15, 0.2) is 5.82 Å². The molecular formula is C21H14ClFN2O4. The molecule has 3 aromatic rings. The summed E-state index contributed by atoms with van der Waals surface area (Å²) in [5.74, 6) is -2.50. The van der Waals surface area contributed by atoms with E-state index in [1.807, 2.05) is 0 Å². The van der Waals surface area contributed by atoms with Gasteiger partial charge in [0.2, 0.25) is 0 Å². The summed E-state index contributed by atoms with van der Waals surface area (Å²) in [6.07, 6.45) is 0. The molecule has 0 radical (unpaired) electrons. The third-order valence-electron chi connectivity index (χ3n) is 4.62. The first-order valence-corrected chi connectivity index (χ1v) is 9.01. The lowest BCUT2D eigenvalue weighted by atomic mass is 9.95. The zero-order valence-corrected chi connectivity index (χ0v) is 15.9. The summed E-state index contributed by atoms with van der Waals surface area (Å²) in [6.45, 7) is 1.62. The minimum atomic E-state index is -1.21. The largest absolute Gasteiger partial charge is 0.507 e. The number of benzene rings is 2. The number of carbonyl (C=O) groups is 2. The normalized spacial score (nSPS) is 18.4. The number of hydrogen-bond acceptors (Lipinski definition) is 5. The molecular weight excluding hydrogens is 399 g/mol. The van der Waals surface area contributed by atoms with Crippen molar-refractivity contribution in [1.29, 1.82) is 0 Å². The van der Waals surface area contributed by atoms with Crippen molar-refractivity contribution in [1.82, 2.24) is 5.16 Å². The topological polar surface area (TPSA) is 83.6 Å². The van der Waals surface area contributed by atoms with Gasteiger partial charge in [-0.25, -0.2) is 4.39 Å². The SMILES string of the molecule is Cc1cc(N2C(=O)C(=O)/C(=C(/O)c3ccc(Cl)cc3)[C@H]2c2ccccc2F)no1. The maximum atomic E-state index is 14.7. The van der Waals surface area contributed by atoms with E-state index in [1.54, 1.807) is 13.0 Å². The molecule has 1 aliphatic rings. The van der Waals surface area contributed by atoms with Crippen LogP contribution in [0.15, 0.2) is 64.7 Å². The lowest BCUT2D eigenvalue weighted by Gasteiger charge is -2.23. The standard InChI is InChI=1S/C21H14ClFN2O4/c1-11-10-16(24-29-11)25-18(14-4-2-3-5-15(14)23)17(20(27)21(25)28)19(26)12-6-8-13(22)9-7-12/h2-10,18,26H,1H3/b19-17+/t18-/m1/s1. The first-order valence-electron chi connectivity index (χ1n) is 8.63. The van der Waals surface area contributed by atoms with Crippen molar-refractivity contribution >= 4 is 34.9 Å². The third kappa shape index (κ3) is 3.19. The first kappa shape index (κ1) is 18.9. The average Bonchev–Trinajstić information content (AvgIpc) is 3.23. The van der Waals surface area contributed by atoms with E-state index in [9.17, 15) is 19.1 Å². The quantitative estimate of drug-likeness (QED) is 0.391. The minimum absolute atomic E-state index is 0.0443. The van der Waals surface area contributed by atoms with Crippen molar-refractivity contribution in [2.45, 2.75) is 13.0 Å². The number of anilines is 1. The Morgan fingerprint density at radius 2 is 1.86 bits per heavy atom. The molecule has 1 fully saturated rings. The number of aliphatic hydroxyl groups is 1. The molecule has 29 heavy (non-hydrogen) atoms. The number of ketones is 1. The number of aromatic nitrogens is 1. The fourth-order valence-corrected chi connectivity index (χ4v) is 3.42. The maximum absolute atomic E-state index is 14.7. The molecule has 146 valence electrons. The Morgan fingerprint density at radius 3 is 2.48 bits per heavy atom. The van der Waals surface area contributed by atoms with E-state index >= 15 is 0 Å². The predicted octanol–water partition coefficient (Wildman–Crippen LogP) is 4.40. The molecule has 0 spiro atoms. The number of amides is 1. The summed E-state index contributed by atoms with van der Waals surface area (Å²) in [5, 5.41) is 15.1. The molecule has 2 heterocycles. The number of Topliss-reactive ketones (excluding diaryl/α,β-unsaturated/α-hetero) is 1. The van der Waals surface area contributed by atoms with Crippen molar-refractivity contribution in [2.24, 2.45) is 0 Å². The van der Waals surface area contributed by atoms with Gasteiger partial charge in [-0.2, -0.15) is 0 Å². The Kier molecular flexibility index (Phi) is 4.68. The van der Waals surface area contributed by atoms with Gasteiger partial charge >= 0.3 is 5.91 Å². The Balaban J connectivity index is 1.97. The van der Waals surface area contributed by atoms with Gasteiger partial charge in [0.05, 0.1) is 11.6 Å². The van der Waals surface area contributed by atoms with E-state index in [0.717, 1.165) is 4.90 Å². The Bertz CT molecular complexity index is 1150. The van der Waals surface area contributed by atoms with Crippen LogP contribution in [0.3, 0.4) is 0 Å². The van der Waals surface area contributed by atoms with Crippen LogP contribution in [0.25, 0.3) is 5.76 Å². The van der Waals surface area contributed by atoms with Crippen LogP contribution in [0.1, 0.15) is 22.9 Å². The number of aliphatic hydroxyl groups excluding tert-OH is 1. The molecule has 1 amide bonds. The average molecular weight is 413 g/mol. The summed E-state index contributed by atoms with van der Waals surface area (Å²) in [7, 11) is 0. The van der Waals surface area contributed by atoms with E-state index < -0.39 is 29.3 Å². The lowest BCUT2D eigenvalue weighted by Crippen LogP contribution is -2.30. The second kappa shape index (κ2) is 7.18. The molecule has 2 aromatic carbocycles. The molecule has 1 aromatic heterocycles. The van der Waals surface area contributed by atoms with Crippen molar-refractivity contribution in [3.05, 3.63) is 87.9 Å². The van der Waals surface area contributed by atoms with Gasteiger partial charge in [0.25, 0.3) is 5.78 Å². The Morgan fingerprint density at radius 1 is 1.17 bits per heavy atom. The van der Waals surface area contributed by atoms with Crippen molar-refractivity contribution in [3.8, 4) is 0 Å². The van der Waals surface area contributed by atoms with Crippen LogP contribution in [-0.2, 0) is 9.59 Å². The van der Waals surface area contributed by atoms with Crippen LogP contribution in [0, 0.1) is 12.7 Å². The summed E-state index contributed by atoms with van der Waals surface area (Å²) >= 11 is 5.88. The summed E-state index contributed by atoms with van der Waals surface area (Å²) in [6, 6.07) is 12.1. The lowest BCUT2D eigenvalue weighted by molar-refractivity contribution is -0.132. The van der Waals surface area contributed by atoms with Gasteiger partial charge in [0.1, 0.15) is 17.3 Å². The third-order valence-corrected chi connectivity index (χ3v) is 4.88. The van der Waals surface area contributed by atoms with E-state index in [4.69, 9.17) is 16.1 Å². The smallest absolute Gasteiger partial charge is 0.301 e. The molecule has 0 unspecified atom stereocenters. The van der Waals surface area contributed by atoms with Crippen LogP contribution in [0.5, 0.6) is 0 Å². The van der Waals surface area contributed by atoms with Gasteiger partial charge in [-0.15, -0.1) is 0 Å². The van der Waals surface area contributed by atoms with Crippen molar-refractivity contribution in [3.63, 3.8) is 0 Å². The van der Waals surface area contributed by atoms with Crippen LogP contribution in [0.2, 0.25) is 5.02 Å². The zero-order valence-electron chi connectivity index (χ0n) is 15.1. The Labute approximate surface area is 169 Å². The number of carbonyl (C=O) groups excluding carboxylic acids is 2. The maximum Gasteiger partial charge on any atom is 0.301 e. The second-order valence-corrected chi connectivity index (χ2v) is 6.93. The fourth-order valence-electron chi connectivity index (χ4n) is 3.29. The number of rotatable bonds is 3. The van der Waals surface area contributed by atoms with Gasteiger partial charge in [-0.1, -0.05) is 35.0 Å². The minimum Gasteiger partial charge on any atom is -0.507 e. The molecule has 1 aliphatic heterocycles. The first-order chi connectivity index (χ1) is 13.9. The molecule has 1 saturated heterocycles. The van der Waals surface area contributed by atoms with Crippen LogP contribution < -0.4 is 4.90 Å². The second-order valence-electron chi connectivity index (χ2n) is 6.49. The molecule has 6 nitrogen and oxygen atoms in total. The van der Waals surface area contributed by atoms with Crippen LogP contribution in [-0.4, -0.2) is 22.0 Å². The zero-order chi connectivity index (χ0) is 20.7. The van der Waals surface area contributed by atoms with Crippen LogP contribution in [0.4, 0.5) is 10.2 Å².